The number of aliphatic hydroxyl groups is 1. The fourth-order valence-electron chi connectivity index (χ4n) is 1.63. The summed E-state index contributed by atoms with van der Waals surface area (Å²) < 4.78 is 10.3. The maximum Gasteiger partial charge on any atom is 0.146 e. The van der Waals surface area contributed by atoms with Crippen molar-refractivity contribution >= 4 is 0 Å². The molecular weight excluding hydrogens is 194 g/mol. The van der Waals surface area contributed by atoms with Crippen LogP contribution in [0.1, 0.15) is 29.8 Å². The molecular formula is C11H17NO3. The molecule has 0 aliphatic heterocycles. The minimum atomic E-state index is -0.591. The summed E-state index contributed by atoms with van der Waals surface area (Å²) in [4.78, 5) is 4.20. The summed E-state index contributed by atoms with van der Waals surface area (Å²) in [5, 5.41) is 9.70. The molecule has 0 radical (unpaired) electrons. The van der Waals surface area contributed by atoms with Gasteiger partial charge in [0, 0.05) is 24.4 Å². The van der Waals surface area contributed by atoms with E-state index in [1.807, 2.05) is 6.92 Å². The number of methoxy groups -OCH3 is 2. The maximum absolute atomic E-state index is 9.70. The van der Waals surface area contributed by atoms with Gasteiger partial charge in [-0.2, -0.15) is 0 Å². The van der Waals surface area contributed by atoms with Crippen molar-refractivity contribution in [2.24, 2.45) is 0 Å². The van der Waals surface area contributed by atoms with Crippen LogP contribution in [-0.4, -0.2) is 24.3 Å². The summed E-state index contributed by atoms with van der Waals surface area (Å²) in [6.07, 6.45) is 1.12. The molecule has 1 heterocycles. The van der Waals surface area contributed by atoms with Gasteiger partial charge in [-0.3, -0.25) is 4.98 Å². The number of aryl methyl sites for hydroxylation is 1. The quantitative estimate of drug-likeness (QED) is 0.821. The highest BCUT2D eigenvalue weighted by Crippen LogP contribution is 2.30. The van der Waals surface area contributed by atoms with Crippen LogP contribution in [-0.2, 0) is 11.3 Å². The lowest BCUT2D eigenvalue weighted by Gasteiger charge is -2.16. The molecule has 0 amide bonds. The summed E-state index contributed by atoms with van der Waals surface area (Å²) in [6, 6.07) is 0. The zero-order valence-corrected chi connectivity index (χ0v) is 9.57. The van der Waals surface area contributed by atoms with Crippen molar-refractivity contribution in [2.75, 3.05) is 14.2 Å². The Hall–Kier alpha value is -1.13. The number of nitrogens with zero attached hydrogens (tertiary/aromatic N) is 1. The summed E-state index contributed by atoms with van der Waals surface area (Å²) in [6.45, 7) is 3.97. The molecule has 0 aliphatic rings. The van der Waals surface area contributed by atoms with Gasteiger partial charge >= 0.3 is 0 Å². The van der Waals surface area contributed by atoms with Gasteiger partial charge in [-0.05, 0) is 13.8 Å². The topological polar surface area (TPSA) is 51.6 Å². The maximum atomic E-state index is 9.70. The number of pyridine rings is 1. The Morgan fingerprint density at radius 1 is 1.47 bits per heavy atom. The van der Waals surface area contributed by atoms with Gasteiger partial charge < -0.3 is 14.6 Å². The lowest BCUT2D eigenvalue weighted by Crippen LogP contribution is -2.06. The van der Waals surface area contributed by atoms with Gasteiger partial charge in [0.2, 0.25) is 0 Å². The summed E-state index contributed by atoms with van der Waals surface area (Å²) in [5.41, 5.74) is 2.38. The van der Waals surface area contributed by atoms with E-state index in [1.54, 1.807) is 27.3 Å². The standard InChI is InChI=1S/C11H17NO3/c1-7-11(15-4)10(8(2)13)9(5-12-7)6-14-3/h5,8,13H,6H2,1-4H3/t8-/m0/s1. The van der Waals surface area contributed by atoms with E-state index in [4.69, 9.17) is 9.47 Å². The highest BCUT2D eigenvalue weighted by molar-refractivity contribution is 5.43. The highest BCUT2D eigenvalue weighted by Gasteiger charge is 2.17. The molecule has 0 saturated carbocycles. The molecule has 1 rings (SSSR count). The van der Waals surface area contributed by atoms with Crippen molar-refractivity contribution < 1.29 is 14.6 Å². The average molecular weight is 211 g/mol. The van der Waals surface area contributed by atoms with Gasteiger partial charge in [-0.25, -0.2) is 0 Å². The minimum Gasteiger partial charge on any atom is -0.494 e. The summed E-state index contributed by atoms with van der Waals surface area (Å²) in [5.74, 6) is 0.638. The second kappa shape index (κ2) is 5.09. The lowest BCUT2D eigenvalue weighted by atomic mass is 10.0. The van der Waals surface area contributed by atoms with Gasteiger partial charge in [0.25, 0.3) is 0 Å². The number of ether oxygens (including phenoxy) is 2. The molecule has 0 spiro atoms. The molecule has 4 heteroatoms. The summed E-state index contributed by atoms with van der Waals surface area (Å²) in [7, 11) is 3.19. The molecule has 4 nitrogen and oxygen atoms in total. The van der Waals surface area contributed by atoms with Crippen LogP contribution in [0, 0.1) is 6.92 Å². The first kappa shape index (κ1) is 11.9. The van der Waals surface area contributed by atoms with Crippen LogP contribution in [0.5, 0.6) is 5.75 Å². The van der Waals surface area contributed by atoms with Gasteiger partial charge in [-0.15, -0.1) is 0 Å². The third kappa shape index (κ3) is 2.46. The third-order valence-corrected chi connectivity index (χ3v) is 2.25. The molecule has 1 N–H and O–H groups in total. The Labute approximate surface area is 89.9 Å². The Morgan fingerprint density at radius 3 is 2.60 bits per heavy atom. The Kier molecular flexibility index (Phi) is 4.05. The molecule has 1 atom stereocenters. The van der Waals surface area contributed by atoms with E-state index in [2.05, 4.69) is 4.98 Å². The van der Waals surface area contributed by atoms with Crippen molar-refractivity contribution in [1.29, 1.82) is 0 Å². The zero-order valence-electron chi connectivity index (χ0n) is 9.57. The number of aliphatic hydroxyl groups excluding tert-OH is 1. The number of hydrogen-bond acceptors (Lipinski definition) is 4. The Bertz CT molecular complexity index is 337. The van der Waals surface area contributed by atoms with E-state index in [0.29, 0.717) is 12.4 Å². The van der Waals surface area contributed by atoms with Gasteiger partial charge in [0.1, 0.15) is 5.75 Å². The fourth-order valence-corrected chi connectivity index (χ4v) is 1.63. The zero-order chi connectivity index (χ0) is 11.4. The molecule has 0 fully saturated rings. The van der Waals surface area contributed by atoms with E-state index >= 15 is 0 Å². The van der Waals surface area contributed by atoms with Gasteiger partial charge in [-0.1, -0.05) is 0 Å². The van der Waals surface area contributed by atoms with Crippen LogP contribution in [0.3, 0.4) is 0 Å². The first-order chi connectivity index (χ1) is 7.11. The summed E-state index contributed by atoms with van der Waals surface area (Å²) >= 11 is 0. The molecule has 0 bridgehead atoms. The van der Waals surface area contributed by atoms with Crippen LogP contribution in [0.4, 0.5) is 0 Å². The van der Waals surface area contributed by atoms with E-state index in [1.165, 1.54) is 0 Å². The Morgan fingerprint density at radius 2 is 2.13 bits per heavy atom. The van der Waals surface area contributed by atoms with Crippen molar-refractivity contribution in [3.05, 3.63) is 23.0 Å². The predicted molar refractivity (Wildman–Crippen MR) is 56.9 cm³/mol. The third-order valence-electron chi connectivity index (χ3n) is 2.25. The number of rotatable bonds is 4. The van der Waals surface area contributed by atoms with Gasteiger partial charge in [0.05, 0.1) is 25.5 Å². The molecule has 84 valence electrons. The van der Waals surface area contributed by atoms with E-state index in [9.17, 15) is 5.11 Å². The van der Waals surface area contributed by atoms with E-state index < -0.39 is 6.10 Å². The van der Waals surface area contributed by atoms with Crippen LogP contribution in [0.25, 0.3) is 0 Å². The normalized spacial score (nSPS) is 12.6. The smallest absolute Gasteiger partial charge is 0.146 e. The monoisotopic (exact) mass is 211 g/mol. The predicted octanol–water partition coefficient (Wildman–Crippen LogP) is 1.60. The molecule has 15 heavy (non-hydrogen) atoms. The van der Waals surface area contributed by atoms with Gasteiger partial charge in [0.15, 0.2) is 0 Å². The molecule has 1 aromatic heterocycles. The van der Waals surface area contributed by atoms with Crippen LogP contribution in [0.2, 0.25) is 0 Å². The largest absolute Gasteiger partial charge is 0.494 e. The number of hydrogen-bond donors (Lipinski definition) is 1. The molecule has 1 aromatic rings. The SMILES string of the molecule is COCc1cnc(C)c(OC)c1[C@H](C)O. The van der Waals surface area contributed by atoms with E-state index in [0.717, 1.165) is 16.8 Å². The van der Waals surface area contributed by atoms with E-state index in [-0.39, 0.29) is 0 Å². The van der Waals surface area contributed by atoms with Crippen molar-refractivity contribution in [3.63, 3.8) is 0 Å². The van der Waals surface area contributed by atoms with Crippen molar-refractivity contribution in [1.82, 2.24) is 4.98 Å². The van der Waals surface area contributed by atoms with Crippen LogP contribution >= 0.6 is 0 Å². The fraction of sp³-hybridized carbons (Fsp3) is 0.545. The molecule has 0 aromatic carbocycles. The highest BCUT2D eigenvalue weighted by atomic mass is 16.5. The first-order valence-corrected chi connectivity index (χ1v) is 4.81. The van der Waals surface area contributed by atoms with Crippen molar-refractivity contribution in [3.8, 4) is 5.75 Å². The average Bonchev–Trinajstić information content (AvgIpc) is 2.20. The molecule has 0 saturated heterocycles. The Balaban J connectivity index is 3.28. The second-order valence-corrected chi connectivity index (χ2v) is 3.42. The number of aromatic nitrogens is 1. The lowest BCUT2D eigenvalue weighted by molar-refractivity contribution is 0.167. The molecule has 0 aliphatic carbocycles. The first-order valence-electron chi connectivity index (χ1n) is 4.81. The van der Waals surface area contributed by atoms with Crippen LogP contribution in [0.15, 0.2) is 6.20 Å². The van der Waals surface area contributed by atoms with Crippen molar-refractivity contribution in [2.45, 2.75) is 26.6 Å². The second-order valence-electron chi connectivity index (χ2n) is 3.42. The minimum absolute atomic E-state index is 0.421. The molecule has 0 unspecified atom stereocenters. The van der Waals surface area contributed by atoms with Crippen LogP contribution < -0.4 is 4.74 Å².